The molecule has 1 unspecified atom stereocenters. The molecule has 3 N–H and O–H groups in total. The normalized spacial score (nSPS) is 14.2. The van der Waals surface area contributed by atoms with Crippen molar-refractivity contribution in [2.24, 2.45) is 5.73 Å². The van der Waals surface area contributed by atoms with Crippen LogP contribution in [0.1, 0.15) is 18.6 Å². The van der Waals surface area contributed by atoms with Crippen molar-refractivity contribution >= 4 is 5.57 Å². The van der Waals surface area contributed by atoms with Gasteiger partial charge in [-0.1, -0.05) is 36.0 Å². The average Bonchev–Trinajstić information content (AvgIpc) is 2.78. The monoisotopic (exact) mass is 235 g/mol. The van der Waals surface area contributed by atoms with Crippen molar-refractivity contribution in [2.45, 2.75) is 19.4 Å². The second kappa shape index (κ2) is 6.78. The van der Waals surface area contributed by atoms with Gasteiger partial charge >= 0.3 is 0 Å². The standard InChI is InChI=1S/C12H17N3O2/c1-3-5-6-9(4-2)12-14-11(17-15-12)7-10(16)8-13/h3-6,10,16H,2,7-8,13H2,1H3/b5-3-,9-6+. The SMILES string of the molecule is C=C/C(=C\C=C/C)c1noc(CC(O)CN)n1. The summed E-state index contributed by atoms with van der Waals surface area (Å²) in [4.78, 5) is 4.16. The van der Waals surface area contributed by atoms with Crippen LogP contribution in [0.4, 0.5) is 0 Å². The van der Waals surface area contributed by atoms with Crippen LogP contribution in [0.15, 0.2) is 35.4 Å². The first-order valence-corrected chi connectivity index (χ1v) is 5.37. The van der Waals surface area contributed by atoms with Crippen LogP contribution in [0, 0.1) is 0 Å². The first-order valence-electron chi connectivity index (χ1n) is 5.37. The molecule has 0 spiro atoms. The van der Waals surface area contributed by atoms with E-state index in [2.05, 4.69) is 16.7 Å². The van der Waals surface area contributed by atoms with Crippen molar-refractivity contribution in [3.05, 3.63) is 42.6 Å². The Hall–Kier alpha value is -1.72. The number of allylic oxidation sites excluding steroid dienone is 5. The summed E-state index contributed by atoms with van der Waals surface area (Å²) < 4.78 is 5.01. The molecule has 0 fully saturated rings. The van der Waals surface area contributed by atoms with Crippen LogP contribution in [0.5, 0.6) is 0 Å². The van der Waals surface area contributed by atoms with E-state index in [-0.39, 0.29) is 13.0 Å². The third kappa shape index (κ3) is 3.97. The molecule has 0 bridgehead atoms. The van der Waals surface area contributed by atoms with Crippen molar-refractivity contribution in [3.63, 3.8) is 0 Å². The molecule has 1 aromatic heterocycles. The minimum absolute atomic E-state index is 0.167. The van der Waals surface area contributed by atoms with E-state index >= 15 is 0 Å². The third-order valence-electron chi connectivity index (χ3n) is 2.10. The summed E-state index contributed by atoms with van der Waals surface area (Å²) >= 11 is 0. The molecule has 0 saturated heterocycles. The summed E-state index contributed by atoms with van der Waals surface area (Å²) in [5, 5.41) is 13.2. The molecule has 0 saturated carbocycles. The van der Waals surface area contributed by atoms with Crippen LogP contribution in [0.2, 0.25) is 0 Å². The molecule has 1 rings (SSSR count). The van der Waals surface area contributed by atoms with Gasteiger partial charge in [-0.05, 0) is 6.92 Å². The molecule has 0 amide bonds. The number of hydrogen-bond acceptors (Lipinski definition) is 5. The minimum atomic E-state index is -0.657. The highest BCUT2D eigenvalue weighted by Crippen LogP contribution is 2.12. The van der Waals surface area contributed by atoms with E-state index in [4.69, 9.17) is 10.3 Å². The number of hydrogen-bond donors (Lipinski definition) is 2. The van der Waals surface area contributed by atoms with Gasteiger partial charge in [-0.2, -0.15) is 4.98 Å². The Morgan fingerprint density at radius 1 is 1.65 bits per heavy atom. The predicted molar refractivity (Wildman–Crippen MR) is 66.1 cm³/mol. The summed E-state index contributed by atoms with van der Waals surface area (Å²) in [6, 6.07) is 0. The Kier molecular flexibility index (Phi) is 5.32. The maximum absolute atomic E-state index is 9.36. The maximum atomic E-state index is 9.36. The second-order valence-corrected chi connectivity index (χ2v) is 3.46. The van der Waals surface area contributed by atoms with Crippen molar-refractivity contribution < 1.29 is 9.63 Å². The van der Waals surface area contributed by atoms with Gasteiger partial charge in [0, 0.05) is 12.1 Å². The zero-order valence-electron chi connectivity index (χ0n) is 9.84. The largest absolute Gasteiger partial charge is 0.391 e. The summed E-state index contributed by atoms with van der Waals surface area (Å²) in [7, 11) is 0. The quantitative estimate of drug-likeness (QED) is 0.720. The van der Waals surface area contributed by atoms with Gasteiger partial charge < -0.3 is 15.4 Å². The molecule has 5 heteroatoms. The lowest BCUT2D eigenvalue weighted by Gasteiger charge is -2.01. The highest BCUT2D eigenvalue weighted by Gasteiger charge is 2.12. The van der Waals surface area contributed by atoms with Crippen molar-refractivity contribution in [3.8, 4) is 0 Å². The molecule has 0 aliphatic rings. The summed E-state index contributed by atoms with van der Waals surface area (Å²) in [5.41, 5.74) is 6.07. The fourth-order valence-electron chi connectivity index (χ4n) is 1.17. The lowest BCUT2D eigenvalue weighted by Crippen LogP contribution is -2.22. The first-order chi connectivity index (χ1) is 8.21. The molecule has 0 aliphatic heterocycles. The van der Waals surface area contributed by atoms with Gasteiger partial charge in [0.2, 0.25) is 11.7 Å². The fourth-order valence-corrected chi connectivity index (χ4v) is 1.17. The van der Waals surface area contributed by atoms with E-state index in [1.54, 1.807) is 6.08 Å². The smallest absolute Gasteiger partial charge is 0.229 e. The van der Waals surface area contributed by atoms with E-state index in [0.717, 1.165) is 5.57 Å². The molecule has 92 valence electrons. The van der Waals surface area contributed by atoms with Crippen LogP contribution >= 0.6 is 0 Å². The topological polar surface area (TPSA) is 85.2 Å². The van der Waals surface area contributed by atoms with Gasteiger partial charge in [0.15, 0.2) is 0 Å². The van der Waals surface area contributed by atoms with E-state index in [1.165, 1.54) is 0 Å². The molecule has 0 aromatic carbocycles. The third-order valence-corrected chi connectivity index (χ3v) is 2.10. The molecule has 5 nitrogen and oxygen atoms in total. The van der Waals surface area contributed by atoms with E-state index in [9.17, 15) is 5.11 Å². The Morgan fingerprint density at radius 3 is 3.00 bits per heavy atom. The Morgan fingerprint density at radius 2 is 2.41 bits per heavy atom. The molecule has 1 heterocycles. The number of nitrogens with two attached hydrogens (primary N) is 1. The molecule has 0 aliphatic carbocycles. The number of rotatable bonds is 6. The molecule has 0 radical (unpaired) electrons. The van der Waals surface area contributed by atoms with Crippen LogP contribution in [0.25, 0.3) is 5.57 Å². The zero-order valence-corrected chi connectivity index (χ0v) is 9.84. The highest BCUT2D eigenvalue weighted by molar-refractivity contribution is 5.69. The molecular weight excluding hydrogens is 218 g/mol. The minimum Gasteiger partial charge on any atom is -0.391 e. The predicted octanol–water partition coefficient (Wildman–Crippen LogP) is 1.08. The first kappa shape index (κ1) is 13.3. The van der Waals surface area contributed by atoms with Crippen LogP contribution < -0.4 is 5.73 Å². The summed E-state index contributed by atoms with van der Waals surface area (Å²) in [6.07, 6.45) is 6.84. The maximum Gasteiger partial charge on any atom is 0.229 e. The van der Waals surface area contributed by atoms with Gasteiger partial charge in [-0.15, -0.1) is 0 Å². The van der Waals surface area contributed by atoms with E-state index in [0.29, 0.717) is 11.7 Å². The Balaban J connectivity index is 2.82. The lowest BCUT2D eigenvalue weighted by molar-refractivity contribution is 0.170. The average molecular weight is 235 g/mol. The lowest BCUT2D eigenvalue weighted by atomic mass is 10.2. The van der Waals surface area contributed by atoms with E-state index < -0.39 is 6.10 Å². The molecule has 1 aromatic rings. The van der Waals surface area contributed by atoms with Crippen molar-refractivity contribution in [1.29, 1.82) is 0 Å². The summed E-state index contributed by atoms with van der Waals surface area (Å²) in [6.45, 7) is 5.76. The van der Waals surface area contributed by atoms with Crippen LogP contribution in [-0.4, -0.2) is 27.9 Å². The zero-order chi connectivity index (χ0) is 12.7. The van der Waals surface area contributed by atoms with Gasteiger partial charge in [0.25, 0.3) is 0 Å². The van der Waals surface area contributed by atoms with Gasteiger partial charge in [0.05, 0.1) is 12.5 Å². The number of aliphatic hydroxyl groups is 1. The van der Waals surface area contributed by atoms with Crippen molar-refractivity contribution in [1.82, 2.24) is 10.1 Å². The van der Waals surface area contributed by atoms with Crippen LogP contribution in [0.3, 0.4) is 0 Å². The van der Waals surface area contributed by atoms with E-state index in [1.807, 2.05) is 25.2 Å². The van der Waals surface area contributed by atoms with Gasteiger partial charge in [0.1, 0.15) is 0 Å². The summed E-state index contributed by atoms with van der Waals surface area (Å²) in [5.74, 6) is 0.823. The van der Waals surface area contributed by atoms with Crippen molar-refractivity contribution in [2.75, 3.05) is 6.54 Å². The molecular formula is C12H17N3O2. The Bertz CT molecular complexity index is 421. The highest BCUT2D eigenvalue weighted by atomic mass is 16.5. The fraction of sp³-hybridized carbons (Fsp3) is 0.333. The number of nitrogens with zero attached hydrogens (tertiary/aromatic N) is 2. The van der Waals surface area contributed by atoms with Gasteiger partial charge in [-0.3, -0.25) is 0 Å². The molecule has 1 atom stereocenters. The van der Waals surface area contributed by atoms with Crippen LogP contribution in [-0.2, 0) is 6.42 Å². The van der Waals surface area contributed by atoms with Gasteiger partial charge in [-0.25, -0.2) is 0 Å². The number of aromatic nitrogens is 2. The molecule has 17 heavy (non-hydrogen) atoms. The second-order valence-electron chi connectivity index (χ2n) is 3.46. The Labute approximate surface area is 100 Å². The number of aliphatic hydroxyl groups excluding tert-OH is 1.